The fourth-order valence-corrected chi connectivity index (χ4v) is 8.65. The molecular formula is C34H26Cl3FN2O6. The van der Waals surface area contributed by atoms with Crippen molar-refractivity contribution in [1.82, 2.24) is 0 Å². The van der Waals surface area contributed by atoms with Gasteiger partial charge in [0.2, 0.25) is 11.8 Å². The number of rotatable bonds is 6. The minimum Gasteiger partial charge on any atom is -0.491 e. The maximum absolute atomic E-state index is 14.5. The number of halogens is 4. The van der Waals surface area contributed by atoms with Crippen LogP contribution in [0.5, 0.6) is 5.75 Å². The summed E-state index contributed by atoms with van der Waals surface area (Å²) < 4.78 is 19.7. The van der Waals surface area contributed by atoms with E-state index in [0.29, 0.717) is 27.6 Å². The molecule has 1 N–H and O–H groups in total. The van der Waals surface area contributed by atoms with Gasteiger partial charge in [0.15, 0.2) is 9.75 Å². The van der Waals surface area contributed by atoms with Crippen molar-refractivity contribution in [2.24, 2.45) is 17.8 Å². The molecular weight excluding hydrogens is 658 g/mol. The van der Waals surface area contributed by atoms with Gasteiger partial charge in [-0.1, -0.05) is 41.4 Å². The van der Waals surface area contributed by atoms with Gasteiger partial charge in [-0.15, -0.1) is 23.2 Å². The molecule has 7 rings (SSSR count). The first-order chi connectivity index (χ1) is 22.0. The van der Waals surface area contributed by atoms with Crippen molar-refractivity contribution in [1.29, 1.82) is 0 Å². The second-order valence-electron chi connectivity index (χ2n) is 11.8. The van der Waals surface area contributed by atoms with Crippen LogP contribution in [-0.4, -0.2) is 51.7 Å². The Bertz CT molecular complexity index is 1820. The van der Waals surface area contributed by atoms with Crippen LogP contribution in [0.15, 0.2) is 84.4 Å². The van der Waals surface area contributed by atoms with E-state index in [-0.39, 0.29) is 37.6 Å². The van der Waals surface area contributed by atoms with Gasteiger partial charge in [0.25, 0.3) is 11.8 Å². The van der Waals surface area contributed by atoms with Crippen LogP contribution in [-0.2, 0) is 19.2 Å². The highest BCUT2D eigenvalue weighted by atomic mass is 35.5. The molecule has 6 atom stereocenters. The van der Waals surface area contributed by atoms with E-state index in [4.69, 9.17) is 39.5 Å². The van der Waals surface area contributed by atoms with E-state index in [2.05, 4.69) is 0 Å². The van der Waals surface area contributed by atoms with Gasteiger partial charge in [0.1, 0.15) is 18.2 Å². The Labute approximate surface area is 278 Å². The molecule has 4 amide bonds. The zero-order valence-electron chi connectivity index (χ0n) is 24.0. The van der Waals surface area contributed by atoms with E-state index in [1.807, 2.05) is 6.08 Å². The minimum atomic E-state index is -2.10. The highest BCUT2D eigenvalue weighted by Gasteiger charge is 2.77. The van der Waals surface area contributed by atoms with Crippen molar-refractivity contribution in [3.63, 3.8) is 0 Å². The molecule has 3 aromatic rings. The third-order valence-corrected chi connectivity index (χ3v) is 11.2. The third kappa shape index (κ3) is 4.29. The molecule has 2 aliphatic carbocycles. The van der Waals surface area contributed by atoms with Crippen molar-refractivity contribution in [3.05, 3.63) is 101 Å². The maximum atomic E-state index is 14.5. The Morgan fingerprint density at radius 2 is 1.50 bits per heavy atom. The molecule has 0 radical (unpaired) electrons. The number of imide groups is 2. The van der Waals surface area contributed by atoms with Crippen LogP contribution in [0.1, 0.15) is 24.3 Å². The molecule has 0 aromatic heterocycles. The molecule has 3 fully saturated rings. The molecule has 12 heteroatoms. The van der Waals surface area contributed by atoms with Crippen molar-refractivity contribution in [2.75, 3.05) is 23.0 Å². The normalized spacial score (nSPS) is 30.2. The summed E-state index contributed by atoms with van der Waals surface area (Å²) in [4.78, 5) is 54.7. The number of hydrogen-bond acceptors (Lipinski definition) is 6. The van der Waals surface area contributed by atoms with Crippen molar-refractivity contribution >= 4 is 69.8 Å². The van der Waals surface area contributed by atoms with Gasteiger partial charge < -0.3 is 9.84 Å². The van der Waals surface area contributed by atoms with E-state index in [1.165, 1.54) is 12.1 Å². The summed E-state index contributed by atoms with van der Waals surface area (Å²) >= 11 is 20.9. The number of amides is 4. The first-order valence-electron chi connectivity index (χ1n) is 14.7. The van der Waals surface area contributed by atoms with Crippen LogP contribution >= 0.6 is 34.8 Å². The van der Waals surface area contributed by atoms with Gasteiger partial charge in [-0.3, -0.25) is 24.1 Å². The number of aliphatic hydroxyl groups excluding tert-OH is 1. The summed E-state index contributed by atoms with van der Waals surface area (Å²) in [7, 11) is 0. The highest BCUT2D eigenvalue weighted by molar-refractivity contribution is 6.58. The molecule has 4 aliphatic rings. The summed E-state index contributed by atoms with van der Waals surface area (Å²) in [5.41, 5.74) is 1.48. The minimum absolute atomic E-state index is 0.0597. The Morgan fingerprint density at radius 1 is 0.848 bits per heavy atom. The molecule has 236 valence electrons. The van der Waals surface area contributed by atoms with E-state index in [1.54, 1.807) is 48.5 Å². The maximum Gasteiger partial charge on any atom is 0.258 e. The van der Waals surface area contributed by atoms with Crippen molar-refractivity contribution in [2.45, 2.75) is 28.5 Å². The molecule has 2 aliphatic heterocycles. The summed E-state index contributed by atoms with van der Waals surface area (Å²) in [6.07, 6.45) is 1.80. The zero-order valence-corrected chi connectivity index (χ0v) is 26.3. The number of anilines is 2. The summed E-state index contributed by atoms with van der Waals surface area (Å²) in [6.45, 7) is -0.345. The van der Waals surface area contributed by atoms with Crippen molar-refractivity contribution in [3.8, 4) is 5.75 Å². The zero-order chi connectivity index (χ0) is 32.5. The number of allylic oxidation sites excluding steroid dienone is 2. The second-order valence-corrected chi connectivity index (χ2v) is 13.5. The Balaban J connectivity index is 1.40. The number of aliphatic hydroxyl groups is 1. The number of para-hydroxylation sites is 1. The molecule has 6 unspecified atom stereocenters. The van der Waals surface area contributed by atoms with E-state index < -0.39 is 57.0 Å². The molecule has 0 bridgehead atoms. The summed E-state index contributed by atoms with van der Waals surface area (Å²) in [5.74, 6) is -6.17. The number of fused-ring (bicyclic) bond motifs is 4. The molecule has 0 spiro atoms. The van der Waals surface area contributed by atoms with E-state index >= 15 is 0 Å². The van der Waals surface area contributed by atoms with Gasteiger partial charge in [-0.05, 0) is 73.4 Å². The SMILES string of the molecule is O=C1C2CC=C3C(CC4(Cl)C(=O)N(c5ccc(F)cc5)C(=O)C4(Cl)C3c3ccccc3OCCO)C2C(=O)N1c1ccc(Cl)cc1. The van der Waals surface area contributed by atoms with Crippen LogP contribution in [0.3, 0.4) is 0 Å². The molecule has 1 saturated carbocycles. The Hall–Kier alpha value is -3.76. The van der Waals surface area contributed by atoms with Crippen LogP contribution in [0.25, 0.3) is 0 Å². The van der Waals surface area contributed by atoms with E-state index in [9.17, 15) is 28.7 Å². The lowest BCUT2D eigenvalue weighted by molar-refractivity contribution is -0.125. The van der Waals surface area contributed by atoms with Crippen LogP contribution < -0.4 is 14.5 Å². The lowest BCUT2D eigenvalue weighted by atomic mass is 9.56. The topological polar surface area (TPSA) is 104 Å². The number of alkyl halides is 2. The fourth-order valence-electron chi connectivity index (χ4n) is 7.59. The monoisotopic (exact) mass is 682 g/mol. The molecule has 46 heavy (non-hydrogen) atoms. The summed E-state index contributed by atoms with van der Waals surface area (Å²) in [5, 5.41) is 9.95. The first-order valence-corrected chi connectivity index (χ1v) is 15.8. The molecule has 2 heterocycles. The van der Waals surface area contributed by atoms with Gasteiger partial charge in [-0.25, -0.2) is 9.29 Å². The van der Waals surface area contributed by atoms with Gasteiger partial charge >= 0.3 is 0 Å². The Kier molecular flexibility index (Phi) is 7.51. The number of benzene rings is 3. The standard InChI is InChI=1S/C34H26Cl3FN2O6/c35-18-5-9-20(10-6-18)39-29(42)24-14-13-22-25(27(24)30(39)43)17-33(36)31(44)40(21-11-7-19(38)8-12-21)32(45)34(33,37)28(22)23-3-1-2-4-26(23)46-16-15-41/h1-13,24-25,27-28,41H,14-17H2. The quantitative estimate of drug-likeness (QED) is 0.206. The fraction of sp³-hybridized carbons (Fsp3) is 0.294. The first kappa shape index (κ1) is 30.9. The molecule has 3 aromatic carbocycles. The predicted molar refractivity (Wildman–Crippen MR) is 170 cm³/mol. The highest BCUT2D eigenvalue weighted by Crippen LogP contribution is 2.66. The predicted octanol–water partition coefficient (Wildman–Crippen LogP) is 5.62. The number of carbonyl (C=O) groups excluding carboxylic acids is 4. The molecule has 8 nitrogen and oxygen atoms in total. The van der Waals surface area contributed by atoms with Crippen LogP contribution in [0, 0.1) is 23.6 Å². The molecule has 2 saturated heterocycles. The average Bonchev–Trinajstić information content (AvgIpc) is 3.39. The average molecular weight is 684 g/mol. The van der Waals surface area contributed by atoms with E-state index in [0.717, 1.165) is 21.9 Å². The van der Waals surface area contributed by atoms with Crippen molar-refractivity contribution < 1.29 is 33.4 Å². The number of ether oxygens (including phenoxy) is 1. The lowest BCUT2D eigenvalue weighted by Crippen LogP contribution is -2.60. The third-order valence-electron chi connectivity index (χ3n) is 9.56. The largest absolute Gasteiger partial charge is 0.491 e. The lowest BCUT2D eigenvalue weighted by Gasteiger charge is -2.50. The smallest absolute Gasteiger partial charge is 0.258 e. The summed E-state index contributed by atoms with van der Waals surface area (Å²) in [6, 6.07) is 18.0. The Morgan fingerprint density at radius 3 is 2.20 bits per heavy atom. The van der Waals surface area contributed by atoms with Crippen LogP contribution in [0.4, 0.5) is 15.8 Å². The van der Waals surface area contributed by atoms with Gasteiger partial charge in [0.05, 0.1) is 29.8 Å². The van der Waals surface area contributed by atoms with Crippen LogP contribution in [0.2, 0.25) is 5.02 Å². The number of hydrogen-bond donors (Lipinski definition) is 1. The number of carbonyl (C=O) groups is 4. The van der Waals surface area contributed by atoms with Gasteiger partial charge in [-0.2, -0.15) is 0 Å². The second kappa shape index (κ2) is 11.2. The van der Waals surface area contributed by atoms with Gasteiger partial charge in [0, 0.05) is 16.5 Å². The number of nitrogens with zero attached hydrogens (tertiary/aromatic N) is 2.